The Kier molecular flexibility index (Phi) is 3.96. The molecule has 1 atom stereocenters. The van der Waals surface area contributed by atoms with Gasteiger partial charge >= 0.3 is 5.97 Å². The van der Waals surface area contributed by atoms with E-state index in [-0.39, 0.29) is 0 Å². The van der Waals surface area contributed by atoms with Gasteiger partial charge in [0.05, 0.1) is 5.69 Å². The highest BCUT2D eigenvalue weighted by Crippen LogP contribution is 2.29. The van der Waals surface area contributed by atoms with E-state index in [2.05, 4.69) is 10.3 Å². The van der Waals surface area contributed by atoms with Crippen LogP contribution in [0.3, 0.4) is 0 Å². The zero-order chi connectivity index (χ0) is 12.3. The van der Waals surface area contributed by atoms with Crippen LogP contribution < -0.4 is 11.1 Å². The fourth-order valence-electron chi connectivity index (χ4n) is 1.80. The summed E-state index contributed by atoms with van der Waals surface area (Å²) >= 11 is 1.41. The number of nitrogens with one attached hydrogen (secondary N) is 1. The monoisotopic (exact) mass is 255 g/mol. The van der Waals surface area contributed by atoms with Crippen molar-refractivity contribution in [1.82, 2.24) is 4.98 Å². The third-order valence-corrected chi connectivity index (χ3v) is 3.98. The van der Waals surface area contributed by atoms with Crippen molar-refractivity contribution in [2.24, 2.45) is 11.7 Å². The first kappa shape index (κ1) is 12.3. The topological polar surface area (TPSA) is 88.2 Å². The fraction of sp³-hybridized carbons (Fsp3) is 0.636. The van der Waals surface area contributed by atoms with Gasteiger partial charge in [0, 0.05) is 11.9 Å². The number of nitrogens with two attached hydrogens (primary N) is 1. The molecule has 1 aliphatic carbocycles. The van der Waals surface area contributed by atoms with Crippen molar-refractivity contribution < 1.29 is 9.90 Å². The number of nitrogens with zero attached hydrogens (tertiary/aromatic N) is 1. The van der Waals surface area contributed by atoms with Gasteiger partial charge in [-0.25, -0.2) is 4.98 Å². The molecule has 0 spiro atoms. The van der Waals surface area contributed by atoms with Crippen LogP contribution in [0.4, 0.5) is 5.13 Å². The quantitative estimate of drug-likeness (QED) is 0.721. The predicted molar refractivity (Wildman–Crippen MR) is 67.1 cm³/mol. The van der Waals surface area contributed by atoms with Gasteiger partial charge in [0.25, 0.3) is 0 Å². The fourth-order valence-corrected chi connectivity index (χ4v) is 2.58. The van der Waals surface area contributed by atoms with Gasteiger partial charge in [0.1, 0.15) is 6.04 Å². The highest BCUT2D eigenvalue weighted by Gasteiger charge is 2.18. The molecule has 17 heavy (non-hydrogen) atoms. The number of thiazole rings is 1. The first-order valence-electron chi connectivity index (χ1n) is 5.84. The average molecular weight is 255 g/mol. The van der Waals surface area contributed by atoms with E-state index in [9.17, 15) is 4.79 Å². The summed E-state index contributed by atoms with van der Waals surface area (Å²) in [5.74, 6) is -0.181. The molecule has 2 rings (SSSR count). The summed E-state index contributed by atoms with van der Waals surface area (Å²) in [7, 11) is 0. The standard InChI is InChI=1S/C11H17N3O2S/c12-9(10(15)16)8-6-17-11(14-8)13-5-4-7-2-1-3-7/h6-7,9H,1-5,12H2,(H,13,14)(H,15,16). The molecule has 1 fully saturated rings. The van der Waals surface area contributed by atoms with Crippen LogP contribution in [0, 0.1) is 5.92 Å². The van der Waals surface area contributed by atoms with E-state index in [4.69, 9.17) is 10.8 Å². The van der Waals surface area contributed by atoms with Crippen molar-refractivity contribution in [1.29, 1.82) is 0 Å². The highest BCUT2D eigenvalue weighted by atomic mass is 32.1. The molecule has 0 amide bonds. The Balaban J connectivity index is 1.78. The van der Waals surface area contributed by atoms with Crippen molar-refractivity contribution in [2.45, 2.75) is 31.7 Å². The van der Waals surface area contributed by atoms with Gasteiger partial charge in [-0.3, -0.25) is 4.79 Å². The van der Waals surface area contributed by atoms with Gasteiger partial charge in [0.15, 0.2) is 5.13 Å². The zero-order valence-electron chi connectivity index (χ0n) is 9.56. The molecular weight excluding hydrogens is 238 g/mol. The molecule has 1 heterocycles. The Morgan fingerprint density at radius 1 is 1.71 bits per heavy atom. The van der Waals surface area contributed by atoms with Gasteiger partial charge < -0.3 is 16.2 Å². The zero-order valence-corrected chi connectivity index (χ0v) is 10.4. The summed E-state index contributed by atoms with van der Waals surface area (Å²) in [4.78, 5) is 14.9. The second kappa shape index (κ2) is 5.46. The van der Waals surface area contributed by atoms with Crippen LogP contribution in [0.15, 0.2) is 5.38 Å². The van der Waals surface area contributed by atoms with E-state index >= 15 is 0 Å². The van der Waals surface area contributed by atoms with Crippen molar-refractivity contribution in [3.63, 3.8) is 0 Å². The van der Waals surface area contributed by atoms with Gasteiger partial charge in [-0.2, -0.15) is 0 Å². The molecule has 6 heteroatoms. The normalized spacial score (nSPS) is 17.5. The lowest BCUT2D eigenvalue weighted by molar-refractivity contribution is -0.138. The molecule has 1 unspecified atom stereocenters. The predicted octanol–water partition coefficient (Wildman–Crippen LogP) is 1.83. The van der Waals surface area contributed by atoms with Crippen LogP contribution in [-0.2, 0) is 4.79 Å². The SMILES string of the molecule is NC(C(=O)O)c1csc(NCCC2CCC2)n1. The Morgan fingerprint density at radius 2 is 2.47 bits per heavy atom. The highest BCUT2D eigenvalue weighted by molar-refractivity contribution is 7.13. The first-order chi connectivity index (χ1) is 8.16. The smallest absolute Gasteiger partial charge is 0.326 e. The lowest BCUT2D eigenvalue weighted by Crippen LogP contribution is -2.21. The van der Waals surface area contributed by atoms with Crippen molar-refractivity contribution in [2.75, 3.05) is 11.9 Å². The molecule has 0 aliphatic heterocycles. The molecule has 1 aromatic rings. The second-order valence-corrected chi connectivity index (χ2v) is 5.26. The Labute approximate surface area is 104 Å². The van der Waals surface area contributed by atoms with Crippen LogP contribution in [-0.4, -0.2) is 22.6 Å². The molecular formula is C11H17N3O2S. The number of aliphatic carboxylic acids is 1. The largest absolute Gasteiger partial charge is 0.480 e. The Bertz CT molecular complexity index is 390. The molecule has 0 saturated heterocycles. The Hall–Kier alpha value is -1.14. The van der Waals surface area contributed by atoms with Gasteiger partial charge in [-0.05, 0) is 12.3 Å². The molecule has 1 aliphatic rings. The van der Waals surface area contributed by atoms with Crippen LogP contribution in [0.1, 0.15) is 37.4 Å². The summed E-state index contributed by atoms with van der Waals surface area (Å²) < 4.78 is 0. The summed E-state index contributed by atoms with van der Waals surface area (Å²) in [6.07, 6.45) is 5.21. The second-order valence-electron chi connectivity index (χ2n) is 4.41. The van der Waals surface area contributed by atoms with Crippen LogP contribution in [0.5, 0.6) is 0 Å². The third-order valence-electron chi connectivity index (χ3n) is 3.16. The van der Waals surface area contributed by atoms with Crippen molar-refractivity contribution >= 4 is 22.4 Å². The first-order valence-corrected chi connectivity index (χ1v) is 6.72. The van der Waals surface area contributed by atoms with Gasteiger partial charge in [0.2, 0.25) is 0 Å². The van der Waals surface area contributed by atoms with E-state index < -0.39 is 12.0 Å². The molecule has 94 valence electrons. The minimum Gasteiger partial charge on any atom is -0.480 e. The van der Waals surface area contributed by atoms with Crippen molar-refractivity contribution in [3.8, 4) is 0 Å². The number of rotatable bonds is 6. The lowest BCUT2D eigenvalue weighted by atomic mass is 9.83. The number of carboxylic acids is 1. The summed E-state index contributed by atoms with van der Waals surface area (Å²) in [6, 6.07) is -1.02. The van der Waals surface area contributed by atoms with E-state index in [0.29, 0.717) is 5.69 Å². The Morgan fingerprint density at radius 3 is 3.06 bits per heavy atom. The van der Waals surface area contributed by atoms with Crippen LogP contribution >= 0.6 is 11.3 Å². The molecule has 0 bridgehead atoms. The minimum absolute atomic E-state index is 0.425. The summed E-state index contributed by atoms with van der Waals surface area (Å²) in [6.45, 7) is 0.903. The number of carboxylic acid groups (broad SMARTS) is 1. The molecule has 0 radical (unpaired) electrons. The minimum atomic E-state index is -1.05. The van der Waals surface area contributed by atoms with Crippen molar-refractivity contribution in [3.05, 3.63) is 11.1 Å². The maximum absolute atomic E-state index is 10.7. The molecule has 1 aromatic heterocycles. The number of anilines is 1. The molecule has 0 aromatic carbocycles. The summed E-state index contributed by atoms with van der Waals surface area (Å²) in [5.41, 5.74) is 5.90. The van der Waals surface area contributed by atoms with E-state index in [1.54, 1.807) is 5.38 Å². The van der Waals surface area contributed by atoms with Crippen LogP contribution in [0.2, 0.25) is 0 Å². The maximum atomic E-state index is 10.7. The summed E-state index contributed by atoms with van der Waals surface area (Å²) in [5, 5.41) is 14.4. The van der Waals surface area contributed by atoms with Gasteiger partial charge in [-0.15, -0.1) is 11.3 Å². The van der Waals surface area contributed by atoms with E-state index in [0.717, 1.165) is 17.6 Å². The third kappa shape index (κ3) is 3.17. The lowest BCUT2D eigenvalue weighted by Gasteiger charge is -2.24. The molecule has 1 saturated carbocycles. The van der Waals surface area contributed by atoms with E-state index in [1.165, 1.54) is 37.0 Å². The van der Waals surface area contributed by atoms with E-state index in [1.807, 2.05) is 0 Å². The molecule has 4 N–H and O–H groups in total. The number of hydrogen-bond acceptors (Lipinski definition) is 5. The maximum Gasteiger partial charge on any atom is 0.326 e. The number of aromatic nitrogens is 1. The number of hydrogen-bond donors (Lipinski definition) is 3. The number of carbonyl (C=O) groups is 1. The van der Waals surface area contributed by atoms with Gasteiger partial charge in [-0.1, -0.05) is 19.3 Å². The molecule has 5 nitrogen and oxygen atoms in total. The average Bonchev–Trinajstić information content (AvgIpc) is 2.69. The van der Waals surface area contributed by atoms with Crippen LogP contribution in [0.25, 0.3) is 0 Å².